The minimum atomic E-state index is -0.175. The number of hydrogen-bond donors (Lipinski definition) is 1. The minimum Gasteiger partial charge on any atom is -0.396 e. The van der Waals surface area contributed by atoms with Crippen LogP contribution in [0.4, 0.5) is 5.82 Å². The molecule has 2 heterocycles. The standard InChI is InChI=1S/C16H20N2O2/c19-12-10-16(14-6-2-1-3-7-14)9-4-5-11-18(16)15-8-13-20-17-15/h1-3,6-8,13,19H,4-5,9-12H2. The van der Waals surface area contributed by atoms with Gasteiger partial charge in [0.25, 0.3) is 0 Å². The average molecular weight is 272 g/mol. The lowest BCUT2D eigenvalue weighted by Gasteiger charge is -2.47. The second-order valence-corrected chi connectivity index (χ2v) is 5.34. The largest absolute Gasteiger partial charge is 0.396 e. The average Bonchev–Trinajstić information content (AvgIpc) is 3.03. The number of rotatable bonds is 4. The SMILES string of the molecule is OCCC1(c2ccccc2)CCCCN1c1ccon1. The van der Waals surface area contributed by atoms with Crippen LogP contribution in [0.25, 0.3) is 0 Å². The molecule has 0 bridgehead atoms. The van der Waals surface area contributed by atoms with Gasteiger partial charge in [-0.15, -0.1) is 0 Å². The Labute approximate surface area is 119 Å². The molecule has 1 saturated heterocycles. The zero-order chi connectivity index (χ0) is 13.8. The summed E-state index contributed by atoms with van der Waals surface area (Å²) in [6.45, 7) is 1.12. The van der Waals surface area contributed by atoms with E-state index in [4.69, 9.17) is 4.52 Å². The molecule has 3 rings (SSSR count). The fraction of sp³-hybridized carbons (Fsp3) is 0.438. The first-order valence-electron chi connectivity index (χ1n) is 7.21. The van der Waals surface area contributed by atoms with Gasteiger partial charge in [0.15, 0.2) is 5.82 Å². The van der Waals surface area contributed by atoms with E-state index in [9.17, 15) is 5.11 Å². The van der Waals surface area contributed by atoms with Crippen molar-refractivity contribution in [3.8, 4) is 0 Å². The number of aromatic nitrogens is 1. The van der Waals surface area contributed by atoms with Crippen LogP contribution in [0.3, 0.4) is 0 Å². The van der Waals surface area contributed by atoms with Crippen LogP contribution in [-0.4, -0.2) is 23.4 Å². The van der Waals surface area contributed by atoms with Crippen molar-refractivity contribution in [3.05, 3.63) is 48.2 Å². The Hall–Kier alpha value is -1.81. The summed E-state index contributed by atoms with van der Waals surface area (Å²) in [7, 11) is 0. The zero-order valence-corrected chi connectivity index (χ0v) is 11.5. The summed E-state index contributed by atoms with van der Waals surface area (Å²) in [5, 5.41) is 13.7. The van der Waals surface area contributed by atoms with Gasteiger partial charge in [-0.2, -0.15) is 0 Å². The topological polar surface area (TPSA) is 49.5 Å². The number of hydrogen-bond acceptors (Lipinski definition) is 4. The molecule has 1 atom stereocenters. The summed E-state index contributed by atoms with van der Waals surface area (Å²) >= 11 is 0. The first kappa shape index (κ1) is 13.2. The van der Waals surface area contributed by atoms with E-state index in [-0.39, 0.29) is 12.1 Å². The second-order valence-electron chi connectivity index (χ2n) is 5.34. The van der Waals surface area contributed by atoms with E-state index in [1.807, 2.05) is 12.1 Å². The molecule has 1 unspecified atom stereocenters. The summed E-state index contributed by atoms with van der Waals surface area (Å²) in [4.78, 5) is 2.30. The van der Waals surface area contributed by atoms with Crippen LogP contribution in [-0.2, 0) is 5.54 Å². The lowest BCUT2D eigenvalue weighted by molar-refractivity contribution is 0.204. The van der Waals surface area contributed by atoms with Gasteiger partial charge in [-0.25, -0.2) is 0 Å². The van der Waals surface area contributed by atoms with E-state index < -0.39 is 0 Å². The summed E-state index contributed by atoms with van der Waals surface area (Å²) in [5.41, 5.74) is 1.07. The molecular weight excluding hydrogens is 252 g/mol. The quantitative estimate of drug-likeness (QED) is 0.929. The van der Waals surface area contributed by atoms with Gasteiger partial charge in [-0.3, -0.25) is 0 Å². The van der Waals surface area contributed by atoms with E-state index in [1.165, 1.54) is 12.0 Å². The highest BCUT2D eigenvalue weighted by molar-refractivity contribution is 5.45. The fourth-order valence-electron chi connectivity index (χ4n) is 3.35. The summed E-state index contributed by atoms with van der Waals surface area (Å²) in [6, 6.07) is 12.3. The van der Waals surface area contributed by atoms with Gasteiger partial charge in [0.1, 0.15) is 6.26 Å². The lowest BCUT2D eigenvalue weighted by atomic mass is 9.78. The molecular formula is C16H20N2O2. The van der Waals surface area contributed by atoms with E-state index >= 15 is 0 Å². The van der Waals surface area contributed by atoms with Crippen LogP contribution in [0.5, 0.6) is 0 Å². The third kappa shape index (κ3) is 2.20. The number of aliphatic hydroxyl groups excluding tert-OH is 1. The van der Waals surface area contributed by atoms with Crippen LogP contribution in [0.15, 0.2) is 47.2 Å². The Morgan fingerprint density at radius 2 is 2.05 bits per heavy atom. The summed E-state index contributed by atoms with van der Waals surface area (Å²) in [5.74, 6) is 0.863. The van der Waals surface area contributed by atoms with Crippen molar-refractivity contribution in [2.45, 2.75) is 31.2 Å². The monoisotopic (exact) mass is 272 g/mol. The Bertz CT molecular complexity index is 523. The smallest absolute Gasteiger partial charge is 0.172 e. The maximum Gasteiger partial charge on any atom is 0.172 e. The van der Waals surface area contributed by atoms with Crippen LogP contribution < -0.4 is 4.90 Å². The highest BCUT2D eigenvalue weighted by atomic mass is 16.5. The number of nitrogens with zero attached hydrogens (tertiary/aromatic N) is 2. The van der Waals surface area contributed by atoms with E-state index in [1.54, 1.807) is 6.26 Å². The highest BCUT2D eigenvalue weighted by Gasteiger charge is 2.41. The third-order valence-electron chi connectivity index (χ3n) is 4.28. The van der Waals surface area contributed by atoms with Gasteiger partial charge in [0, 0.05) is 19.2 Å². The maximum absolute atomic E-state index is 9.59. The second kappa shape index (κ2) is 5.67. The Morgan fingerprint density at radius 3 is 2.75 bits per heavy atom. The number of piperidine rings is 1. The van der Waals surface area contributed by atoms with Crippen LogP contribution >= 0.6 is 0 Å². The molecule has 0 spiro atoms. The Kier molecular flexibility index (Phi) is 3.74. The molecule has 0 aliphatic carbocycles. The Balaban J connectivity index is 2.06. The van der Waals surface area contributed by atoms with Gasteiger partial charge in [0.05, 0.1) is 5.54 Å². The van der Waals surface area contributed by atoms with Crippen molar-refractivity contribution in [1.82, 2.24) is 5.16 Å². The molecule has 1 aromatic carbocycles. The highest BCUT2D eigenvalue weighted by Crippen LogP contribution is 2.42. The molecule has 106 valence electrons. The third-order valence-corrected chi connectivity index (χ3v) is 4.28. The molecule has 4 heteroatoms. The number of anilines is 1. The first-order chi connectivity index (χ1) is 9.87. The fourth-order valence-corrected chi connectivity index (χ4v) is 3.35. The molecule has 0 amide bonds. The molecule has 1 fully saturated rings. The molecule has 1 N–H and O–H groups in total. The molecule has 2 aromatic rings. The minimum absolute atomic E-state index is 0.170. The zero-order valence-electron chi connectivity index (χ0n) is 11.5. The van der Waals surface area contributed by atoms with Crippen molar-refractivity contribution in [2.75, 3.05) is 18.1 Å². The molecule has 1 aromatic heterocycles. The van der Waals surface area contributed by atoms with Gasteiger partial charge >= 0.3 is 0 Å². The van der Waals surface area contributed by atoms with Crippen molar-refractivity contribution >= 4 is 5.82 Å². The van der Waals surface area contributed by atoms with Gasteiger partial charge in [-0.1, -0.05) is 35.5 Å². The number of aliphatic hydroxyl groups is 1. The molecule has 1 aliphatic rings. The number of benzene rings is 1. The van der Waals surface area contributed by atoms with E-state index in [0.29, 0.717) is 6.42 Å². The van der Waals surface area contributed by atoms with Crippen molar-refractivity contribution < 1.29 is 9.63 Å². The first-order valence-corrected chi connectivity index (χ1v) is 7.21. The predicted molar refractivity (Wildman–Crippen MR) is 77.5 cm³/mol. The van der Waals surface area contributed by atoms with Crippen molar-refractivity contribution in [2.24, 2.45) is 0 Å². The molecule has 0 radical (unpaired) electrons. The summed E-state index contributed by atoms with van der Waals surface area (Å²) in [6.07, 6.45) is 5.67. The lowest BCUT2D eigenvalue weighted by Crippen LogP contribution is -2.50. The Morgan fingerprint density at radius 1 is 1.20 bits per heavy atom. The van der Waals surface area contributed by atoms with Crippen LogP contribution in [0.2, 0.25) is 0 Å². The van der Waals surface area contributed by atoms with Crippen molar-refractivity contribution in [3.63, 3.8) is 0 Å². The molecule has 4 nitrogen and oxygen atoms in total. The van der Waals surface area contributed by atoms with Crippen molar-refractivity contribution in [1.29, 1.82) is 0 Å². The molecule has 1 aliphatic heterocycles. The maximum atomic E-state index is 9.59. The van der Waals surface area contributed by atoms with E-state index in [2.05, 4.69) is 34.3 Å². The van der Waals surface area contributed by atoms with Gasteiger partial charge < -0.3 is 14.5 Å². The van der Waals surface area contributed by atoms with Gasteiger partial charge in [0.2, 0.25) is 0 Å². The van der Waals surface area contributed by atoms with Crippen LogP contribution in [0.1, 0.15) is 31.2 Å². The normalized spacial score (nSPS) is 22.9. The van der Waals surface area contributed by atoms with Gasteiger partial charge in [-0.05, 0) is 31.2 Å². The van der Waals surface area contributed by atoms with E-state index in [0.717, 1.165) is 25.2 Å². The van der Waals surface area contributed by atoms with Crippen LogP contribution in [0, 0.1) is 0 Å². The predicted octanol–water partition coefficient (Wildman–Crippen LogP) is 2.94. The summed E-state index contributed by atoms with van der Waals surface area (Å²) < 4.78 is 5.02. The molecule has 0 saturated carbocycles. The molecule has 20 heavy (non-hydrogen) atoms.